The highest BCUT2D eigenvalue weighted by Gasteiger charge is 2.26. The molecule has 0 aliphatic carbocycles. The molecule has 0 aromatic carbocycles. The van der Waals surface area contributed by atoms with Crippen molar-refractivity contribution >= 4 is 5.78 Å². The van der Waals surface area contributed by atoms with Crippen molar-refractivity contribution < 1.29 is 4.79 Å². The molecule has 0 N–H and O–H groups in total. The Morgan fingerprint density at radius 1 is 1.53 bits per heavy atom. The summed E-state index contributed by atoms with van der Waals surface area (Å²) in [5, 5.41) is 7.95. The average molecular weight is 209 g/mol. The molecular weight excluding hydrogens is 190 g/mol. The number of nitrogens with zero attached hydrogens (tertiary/aromatic N) is 3. The minimum absolute atomic E-state index is 0.176. The van der Waals surface area contributed by atoms with Crippen molar-refractivity contribution in [2.45, 2.75) is 52.5 Å². The number of ketones is 1. The van der Waals surface area contributed by atoms with Crippen molar-refractivity contribution in [2.75, 3.05) is 0 Å². The second kappa shape index (κ2) is 4.55. The van der Waals surface area contributed by atoms with Gasteiger partial charge in [-0.25, -0.2) is 4.68 Å². The molecule has 15 heavy (non-hydrogen) atoms. The molecule has 1 heterocycles. The zero-order chi connectivity index (χ0) is 11.5. The number of hydrogen-bond acceptors (Lipinski definition) is 3. The van der Waals surface area contributed by atoms with Crippen molar-refractivity contribution in [2.24, 2.45) is 0 Å². The monoisotopic (exact) mass is 209 g/mol. The summed E-state index contributed by atoms with van der Waals surface area (Å²) in [6.07, 6.45) is 3.31. The van der Waals surface area contributed by atoms with Gasteiger partial charge < -0.3 is 0 Å². The van der Waals surface area contributed by atoms with E-state index in [1.165, 1.54) is 0 Å². The molecule has 0 spiro atoms. The lowest BCUT2D eigenvalue weighted by Gasteiger charge is -2.23. The molecular formula is C11H19N3O. The lowest BCUT2D eigenvalue weighted by atomic mass is 9.84. The van der Waals surface area contributed by atoms with E-state index >= 15 is 0 Å². The van der Waals surface area contributed by atoms with Gasteiger partial charge in [-0.2, -0.15) is 0 Å². The van der Waals surface area contributed by atoms with E-state index in [0.717, 1.165) is 18.7 Å². The number of Topliss-reactive ketones (excluding diaryl/α,β-unsaturated/α-hetero) is 1. The van der Waals surface area contributed by atoms with Crippen LogP contribution in [0.2, 0.25) is 0 Å². The van der Waals surface area contributed by atoms with Crippen LogP contribution < -0.4 is 0 Å². The number of carbonyl (C=O) groups excluding carboxylic acids is 1. The first-order valence-corrected chi connectivity index (χ1v) is 5.36. The first-order valence-electron chi connectivity index (χ1n) is 5.36. The van der Waals surface area contributed by atoms with E-state index in [9.17, 15) is 4.79 Å². The molecule has 0 saturated carbocycles. The third-order valence-corrected chi connectivity index (χ3v) is 2.44. The summed E-state index contributed by atoms with van der Waals surface area (Å²) < 4.78 is 1.89. The zero-order valence-corrected chi connectivity index (χ0v) is 9.95. The molecule has 0 aliphatic heterocycles. The lowest BCUT2D eigenvalue weighted by Crippen LogP contribution is -2.25. The minimum atomic E-state index is -0.176. The molecule has 0 bridgehead atoms. The summed E-state index contributed by atoms with van der Waals surface area (Å²) in [5.41, 5.74) is 0.865. The number of rotatable bonds is 5. The van der Waals surface area contributed by atoms with Gasteiger partial charge >= 0.3 is 0 Å². The van der Waals surface area contributed by atoms with Crippen LogP contribution in [0, 0.1) is 0 Å². The van der Waals surface area contributed by atoms with E-state index in [1.54, 1.807) is 13.1 Å². The van der Waals surface area contributed by atoms with E-state index in [4.69, 9.17) is 0 Å². The molecule has 4 nitrogen and oxygen atoms in total. The molecule has 0 aliphatic rings. The van der Waals surface area contributed by atoms with Crippen LogP contribution >= 0.6 is 0 Å². The highest BCUT2D eigenvalue weighted by Crippen LogP contribution is 2.26. The number of hydrogen-bond donors (Lipinski definition) is 0. The molecule has 0 amide bonds. The van der Waals surface area contributed by atoms with Crippen LogP contribution in [-0.4, -0.2) is 20.8 Å². The van der Waals surface area contributed by atoms with Gasteiger partial charge in [0.1, 0.15) is 5.78 Å². The minimum Gasteiger partial charge on any atom is -0.300 e. The van der Waals surface area contributed by atoms with Crippen molar-refractivity contribution in [1.82, 2.24) is 15.0 Å². The summed E-state index contributed by atoms with van der Waals surface area (Å²) in [6, 6.07) is 0. The predicted molar refractivity (Wildman–Crippen MR) is 58.6 cm³/mol. The molecule has 0 atom stereocenters. The van der Waals surface area contributed by atoms with E-state index in [-0.39, 0.29) is 11.2 Å². The van der Waals surface area contributed by atoms with Gasteiger partial charge in [-0.1, -0.05) is 26.0 Å². The van der Waals surface area contributed by atoms with Gasteiger partial charge in [-0.3, -0.25) is 4.79 Å². The Hall–Kier alpha value is -1.19. The molecule has 84 valence electrons. The second-order valence-electron chi connectivity index (χ2n) is 4.61. The molecule has 0 fully saturated rings. The highest BCUT2D eigenvalue weighted by atomic mass is 16.1. The molecule has 1 aromatic heterocycles. The average Bonchev–Trinajstić information content (AvgIpc) is 2.51. The van der Waals surface area contributed by atoms with Crippen LogP contribution in [0.3, 0.4) is 0 Å². The lowest BCUT2D eigenvalue weighted by molar-refractivity contribution is -0.118. The largest absolute Gasteiger partial charge is 0.300 e. The first-order chi connectivity index (χ1) is 6.97. The van der Waals surface area contributed by atoms with Gasteiger partial charge in [0.05, 0.1) is 11.9 Å². The van der Waals surface area contributed by atoms with Gasteiger partial charge in [0.15, 0.2) is 0 Å². The summed E-state index contributed by atoms with van der Waals surface area (Å²) in [7, 11) is 0. The fourth-order valence-electron chi connectivity index (χ4n) is 1.87. The topological polar surface area (TPSA) is 47.8 Å². The maximum Gasteiger partial charge on any atom is 0.130 e. The third kappa shape index (κ3) is 2.88. The second-order valence-corrected chi connectivity index (χ2v) is 4.61. The Labute approximate surface area is 90.7 Å². The van der Waals surface area contributed by atoms with Crippen molar-refractivity contribution in [3.8, 4) is 0 Å². The van der Waals surface area contributed by atoms with Gasteiger partial charge in [-0.05, 0) is 13.3 Å². The first kappa shape index (κ1) is 11.9. The molecule has 1 rings (SSSR count). The van der Waals surface area contributed by atoms with E-state index < -0.39 is 0 Å². The van der Waals surface area contributed by atoms with Crippen LogP contribution in [0.1, 0.15) is 46.2 Å². The smallest absolute Gasteiger partial charge is 0.130 e. The van der Waals surface area contributed by atoms with Crippen LogP contribution in [0.25, 0.3) is 0 Å². The summed E-state index contributed by atoms with van der Waals surface area (Å²) >= 11 is 0. The van der Waals surface area contributed by atoms with Crippen LogP contribution in [-0.2, 0) is 16.8 Å². The van der Waals surface area contributed by atoms with Crippen LogP contribution in [0.15, 0.2) is 6.20 Å². The zero-order valence-electron chi connectivity index (χ0n) is 9.95. The normalized spacial score (nSPS) is 11.7. The molecule has 1 aromatic rings. The van der Waals surface area contributed by atoms with E-state index in [2.05, 4.69) is 31.1 Å². The van der Waals surface area contributed by atoms with Crippen molar-refractivity contribution in [3.63, 3.8) is 0 Å². The fraction of sp³-hybridized carbons (Fsp3) is 0.727. The van der Waals surface area contributed by atoms with Crippen molar-refractivity contribution in [3.05, 3.63) is 11.9 Å². The third-order valence-electron chi connectivity index (χ3n) is 2.44. The Morgan fingerprint density at radius 3 is 2.73 bits per heavy atom. The number of aromatic nitrogens is 3. The van der Waals surface area contributed by atoms with Gasteiger partial charge in [-0.15, -0.1) is 5.10 Å². The summed E-state index contributed by atoms with van der Waals surface area (Å²) in [4.78, 5) is 11.2. The van der Waals surface area contributed by atoms with Gasteiger partial charge in [0.2, 0.25) is 0 Å². The van der Waals surface area contributed by atoms with Crippen LogP contribution in [0.5, 0.6) is 0 Å². The highest BCUT2D eigenvalue weighted by molar-refractivity contribution is 5.76. The van der Waals surface area contributed by atoms with Gasteiger partial charge in [0.25, 0.3) is 0 Å². The SMILES string of the molecule is CCCn1nncc1C(C)(C)CC(C)=O. The molecule has 0 saturated heterocycles. The fourth-order valence-corrected chi connectivity index (χ4v) is 1.87. The quantitative estimate of drug-likeness (QED) is 0.744. The van der Waals surface area contributed by atoms with Crippen LogP contribution in [0.4, 0.5) is 0 Å². The summed E-state index contributed by atoms with van der Waals surface area (Å²) in [5.74, 6) is 0.198. The number of aryl methyl sites for hydroxylation is 1. The molecule has 0 radical (unpaired) electrons. The Balaban J connectivity index is 2.92. The maximum absolute atomic E-state index is 11.2. The summed E-state index contributed by atoms with van der Waals surface area (Å²) in [6.45, 7) is 8.69. The standard InChI is InChI=1S/C11H19N3O/c1-5-6-14-10(8-12-13-14)11(3,4)7-9(2)15/h8H,5-7H2,1-4H3. The maximum atomic E-state index is 11.2. The molecule has 4 heteroatoms. The van der Waals surface area contributed by atoms with E-state index in [1.807, 2.05) is 4.68 Å². The number of carbonyl (C=O) groups is 1. The molecule has 0 unspecified atom stereocenters. The van der Waals surface area contributed by atoms with Gasteiger partial charge in [0, 0.05) is 18.4 Å². The Morgan fingerprint density at radius 2 is 2.20 bits per heavy atom. The van der Waals surface area contributed by atoms with Crippen molar-refractivity contribution in [1.29, 1.82) is 0 Å². The Kier molecular flexibility index (Phi) is 3.61. The Bertz CT molecular complexity index is 341. The van der Waals surface area contributed by atoms with E-state index in [0.29, 0.717) is 6.42 Å². The predicted octanol–water partition coefficient (Wildman–Crippen LogP) is 1.94.